The number of nitrogens with one attached hydrogen (secondary N) is 2. The molecule has 0 aromatic heterocycles. The number of carbonyl (C=O) groups is 2. The van der Waals surface area contributed by atoms with Gasteiger partial charge in [0.15, 0.2) is 0 Å². The Morgan fingerprint density at radius 2 is 1.83 bits per heavy atom. The van der Waals surface area contributed by atoms with Crippen molar-refractivity contribution >= 4 is 23.2 Å². The molecule has 1 heterocycles. The summed E-state index contributed by atoms with van der Waals surface area (Å²) in [5.74, 6) is -0.247. The van der Waals surface area contributed by atoms with Crippen molar-refractivity contribution in [3.63, 3.8) is 0 Å². The first-order valence-electron chi connectivity index (χ1n) is 7.97. The van der Waals surface area contributed by atoms with Crippen LogP contribution < -0.4 is 16.4 Å². The van der Waals surface area contributed by atoms with Crippen molar-refractivity contribution in [2.75, 3.05) is 30.4 Å². The number of nitrogens with two attached hydrogens (primary N) is 1. The molecule has 2 amide bonds. The number of ether oxygens (including phenoxy) is 1. The summed E-state index contributed by atoms with van der Waals surface area (Å²) < 4.78 is 5.33. The Labute approximate surface area is 136 Å². The van der Waals surface area contributed by atoms with Crippen LogP contribution in [0.1, 0.15) is 26.7 Å². The van der Waals surface area contributed by atoms with E-state index in [2.05, 4.69) is 10.6 Å². The van der Waals surface area contributed by atoms with Gasteiger partial charge in [-0.1, -0.05) is 19.9 Å². The number of benzene rings is 1. The van der Waals surface area contributed by atoms with E-state index >= 15 is 0 Å². The molecule has 1 fully saturated rings. The van der Waals surface area contributed by atoms with E-state index in [9.17, 15) is 9.59 Å². The Bertz CT molecular complexity index is 566. The van der Waals surface area contributed by atoms with Crippen LogP contribution in [0.4, 0.5) is 11.4 Å². The first kappa shape index (κ1) is 17.4. The number of rotatable bonds is 5. The lowest BCUT2D eigenvalue weighted by Crippen LogP contribution is -2.46. The molecule has 0 saturated carbocycles. The Kier molecular flexibility index (Phi) is 5.74. The Balaban J connectivity index is 2.07. The zero-order chi connectivity index (χ0) is 16.9. The van der Waals surface area contributed by atoms with E-state index < -0.39 is 5.41 Å². The van der Waals surface area contributed by atoms with Gasteiger partial charge in [-0.2, -0.15) is 0 Å². The topological polar surface area (TPSA) is 93.5 Å². The van der Waals surface area contributed by atoms with Crippen LogP contribution in [-0.2, 0) is 14.3 Å². The molecule has 0 radical (unpaired) electrons. The summed E-state index contributed by atoms with van der Waals surface area (Å²) in [5, 5.41) is 5.74. The van der Waals surface area contributed by atoms with Crippen molar-refractivity contribution in [2.24, 2.45) is 17.1 Å². The van der Waals surface area contributed by atoms with Gasteiger partial charge >= 0.3 is 0 Å². The van der Waals surface area contributed by atoms with Crippen molar-refractivity contribution in [3.05, 3.63) is 24.3 Å². The highest BCUT2D eigenvalue weighted by atomic mass is 16.5. The predicted octanol–water partition coefficient (Wildman–Crippen LogP) is 1.98. The lowest BCUT2D eigenvalue weighted by molar-refractivity contribution is -0.130. The average Bonchev–Trinajstić information content (AvgIpc) is 2.55. The molecule has 1 saturated heterocycles. The van der Waals surface area contributed by atoms with Gasteiger partial charge in [0.05, 0.1) is 5.41 Å². The van der Waals surface area contributed by atoms with Crippen LogP contribution >= 0.6 is 0 Å². The summed E-state index contributed by atoms with van der Waals surface area (Å²) in [6.07, 6.45) is 1.25. The largest absolute Gasteiger partial charge is 0.381 e. The molecule has 1 aromatic carbocycles. The molecular formula is C17H25N3O3. The molecule has 4 N–H and O–H groups in total. The minimum atomic E-state index is -0.574. The fourth-order valence-electron chi connectivity index (χ4n) is 2.51. The maximum atomic E-state index is 12.6. The summed E-state index contributed by atoms with van der Waals surface area (Å²) >= 11 is 0. The van der Waals surface area contributed by atoms with E-state index in [4.69, 9.17) is 10.5 Å². The van der Waals surface area contributed by atoms with Gasteiger partial charge in [-0.05, 0) is 31.0 Å². The van der Waals surface area contributed by atoms with Crippen molar-refractivity contribution in [3.8, 4) is 0 Å². The predicted molar refractivity (Wildman–Crippen MR) is 90.1 cm³/mol. The molecule has 23 heavy (non-hydrogen) atoms. The van der Waals surface area contributed by atoms with Crippen LogP contribution in [0, 0.1) is 11.3 Å². The first-order valence-corrected chi connectivity index (χ1v) is 7.97. The molecule has 1 aliphatic rings. The lowest BCUT2D eigenvalue weighted by atomic mass is 9.79. The highest BCUT2D eigenvalue weighted by Crippen LogP contribution is 2.31. The highest BCUT2D eigenvalue weighted by Gasteiger charge is 2.38. The van der Waals surface area contributed by atoms with E-state index in [0.717, 1.165) is 0 Å². The van der Waals surface area contributed by atoms with E-state index in [1.54, 1.807) is 24.3 Å². The molecule has 6 nitrogen and oxygen atoms in total. The second-order valence-corrected chi connectivity index (χ2v) is 6.28. The molecule has 0 spiro atoms. The van der Waals surface area contributed by atoms with Gasteiger partial charge < -0.3 is 21.1 Å². The van der Waals surface area contributed by atoms with E-state index in [1.165, 1.54) is 0 Å². The monoisotopic (exact) mass is 319 g/mol. The number of carbonyl (C=O) groups excluding carboxylic acids is 2. The molecule has 0 atom stereocenters. The molecule has 1 aromatic rings. The molecule has 0 unspecified atom stereocenters. The fraction of sp³-hybridized carbons (Fsp3) is 0.529. The van der Waals surface area contributed by atoms with E-state index in [0.29, 0.717) is 44.0 Å². The number of anilines is 2. The third-order valence-electron chi connectivity index (χ3n) is 4.23. The van der Waals surface area contributed by atoms with Gasteiger partial charge in [0.1, 0.15) is 0 Å². The van der Waals surface area contributed by atoms with Gasteiger partial charge in [0.25, 0.3) is 0 Å². The van der Waals surface area contributed by atoms with Crippen LogP contribution in [0.3, 0.4) is 0 Å². The third kappa shape index (κ3) is 4.30. The van der Waals surface area contributed by atoms with Gasteiger partial charge in [-0.25, -0.2) is 0 Å². The van der Waals surface area contributed by atoms with Crippen molar-refractivity contribution in [1.82, 2.24) is 0 Å². The van der Waals surface area contributed by atoms with Crippen LogP contribution in [0.5, 0.6) is 0 Å². The van der Waals surface area contributed by atoms with Crippen LogP contribution in [0.2, 0.25) is 0 Å². The normalized spacial score (nSPS) is 16.9. The zero-order valence-electron chi connectivity index (χ0n) is 13.7. The van der Waals surface area contributed by atoms with Gasteiger partial charge in [-0.15, -0.1) is 0 Å². The smallest absolute Gasteiger partial charge is 0.232 e. The number of amides is 2. The summed E-state index contributed by atoms with van der Waals surface area (Å²) in [5.41, 5.74) is 6.59. The quantitative estimate of drug-likeness (QED) is 0.773. The van der Waals surface area contributed by atoms with Gasteiger partial charge in [-0.3, -0.25) is 9.59 Å². The van der Waals surface area contributed by atoms with Crippen molar-refractivity contribution in [2.45, 2.75) is 26.7 Å². The van der Waals surface area contributed by atoms with Crippen molar-refractivity contribution < 1.29 is 14.3 Å². The summed E-state index contributed by atoms with van der Waals surface area (Å²) in [7, 11) is 0. The highest BCUT2D eigenvalue weighted by molar-refractivity contribution is 5.97. The first-order chi connectivity index (χ1) is 11.0. The maximum Gasteiger partial charge on any atom is 0.232 e. The zero-order valence-corrected chi connectivity index (χ0v) is 13.7. The minimum Gasteiger partial charge on any atom is -0.381 e. The van der Waals surface area contributed by atoms with E-state index in [1.807, 2.05) is 13.8 Å². The lowest BCUT2D eigenvalue weighted by Gasteiger charge is -2.34. The molecule has 6 heteroatoms. The molecule has 2 rings (SSSR count). The Hall–Kier alpha value is -1.92. The maximum absolute atomic E-state index is 12.6. The van der Waals surface area contributed by atoms with Crippen LogP contribution in [-0.4, -0.2) is 31.6 Å². The van der Waals surface area contributed by atoms with Crippen LogP contribution in [0.15, 0.2) is 24.3 Å². The summed E-state index contributed by atoms with van der Waals surface area (Å²) in [6.45, 7) is 5.06. The Morgan fingerprint density at radius 3 is 2.39 bits per heavy atom. The standard InChI is InChI=1S/C17H25N3O3/c1-12(2)15(21)19-13-4-3-5-14(10-13)20-16(22)17(11-18)6-8-23-9-7-17/h3-5,10,12H,6-9,11,18H2,1-2H3,(H,19,21)(H,20,22). The SMILES string of the molecule is CC(C)C(=O)Nc1cccc(NC(=O)C2(CN)CCOCC2)c1. The van der Waals surface area contributed by atoms with Gasteiger partial charge in [0, 0.05) is 37.1 Å². The molecule has 126 valence electrons. The van der Waals surface area contributed by atoms with Gasteiger partial charge in [0.2, 0.25) is 11.8 Å². The molecule has 0 aliphatic carbocycles. The fourth-order valence-corrected chi connectivity index (χ4v) is 2.51. The minimum absolute atomic E-state index is 0.0589. The molecule has 0 bridgehead atoms. The second-order valence-electron chi connectivity index (χ2n) is 6.28. The van der Waals surface area contributed by atoms with Crippen LogP contribution in [0.25, 0.3) is 0 Å². The summed E-state index contributed by atoms with van der Waals surface area (Å²) in [6, 6.07) is 7.14. The Morgan fingerprint density at radius 1 is 1.22 bits per heavy atom. The molecule has 1 aliphatic heterocycles. The third-order valence-corrected chi connectivity index (χ3v) is 4.23. The van der Waals surface area contributed by atoms with E-state index in [-0.39, 0.29) is 17.7 Å². The second kappa shape index (κ2) is 7.57. The number of hydrogen-bond donors (Lipinski definition) is 3. The number of hydrogen-bond acceptors (Lipinski definition) is 4. The van der Waals surface area contributed by atoms with Crippen molar-refractivity contribution in [1.29, 1.82) is 0 Å². The average molecular weight is 319 g/mol. The summed E-state index contributed by atoms with van der Waals surface area (Å²) in [4.78, 5) is 24.4. The molecular weight excluding hydrogens is 294 g/mol.